The number of carbonyl (C=O) groups is 1. The van der Waals surface area contributed by atoms with E-state index in [1.54, 1.807) is 12.1 Å². The van der Waals surface area contributed by atoms with Gasteiger partial charge in [0.1, 0.15) is 10.3 Å². The minimum absolute atomic E-state index is 0.0886. The lowest BCUT2D eigenvalue weighted by Gasteiger charge is -2.32. The molecular weight excluding hydrogens is 414 g/mol. The molecule has 2 atom stereocenters. The number of hydrogen-bond acceptors (Lipinski definition) is 5. The van der Waals surface area contributed by atoms with Gasteiger partial charge in [-0.2, -0.15) is 0 Å². The van der Waals surface area contributed by atoms with Crippen LogP contribution >= 0.6 is 27.3 Å². The van der Waals surface area contributed by atoms with Gasteiger partial charge in [0.15, 0.2) is 0 Å². The molecule has 2 unspecified atom stereocenters. The number of fused-ring (bicyclic) bond motifs is 3. The van der Waals surface area contributed by atoms with E-state index in [4.69, 9.17) is 0 Å². The van der Waals surface area contributed by atoms with Gasteiger partial charge in [0.2, 0.25) is 15.9 Å². The molecule has 126 valence electrons. The molecule has 6 nitrogen and oxygen atoms in total. The Kier molecular flexibility index (Phi) is 3.91. The van der Waals surface area contributed by atoms with Gasteiger partial charge >= 0.3 is 0 Å². The van der Waals surface area contributed by atoms with E-state index < -0.39 is 10.0 Å². The molecule has 1 aromatic carbocycles. The predicted octanol–water partition coefficient (Wildman–Crippen LogP) is 2.39. The van der Waals surface area contributed by atoms with Crippen LogP contribution in [0.5, 0.6) is 0 Å². The molecular formula is C15H14BrN3O3S2. The number of nitrogens with one attached hydrogen (secondary N) is 2. The number of carbonyl (C=O) groups excluding carboxylic acids is 1. The summed E-state index contributed by atoms with van der Waals surface area (Å²) in [6.45, 7) is 0.473. The van der Waals surface area contributed by atoms with Crippen LogP contribution < -0.4 is 14.9 Å². The molecule has 0 aliphatic carbocycles. The number of nitrogens with zero attached hydrogens (tertiary/aromatic N) is 1. The van der Waals surface area contributed by atoms with Crippen molar-refractivity contribution in [3.8, 4) is 0 Å². The van der Waals surface area contributed by atoms with Crippen molar-refractivity contribution in [2.75, 3.05) is 16.8 Å². The van der Waals surface area contributed by atoms with E-state index in [1.165, 1.54) is 11.3 Å². The van der Waals surface area contributed by atoms with Crippen LogP contribution in [-0.4, -0.2) is 33.0 Å². The molecule has 4 rings (SSSR count). The van der Waals surface area contributed by atoms with Crippen LogP contribution in [0, 0.1) is 0 Å². The normalized spacial score (nSPS) is 22.9. The molecule has 2 N–H and O–H groups in total. The van der Waals surface area contributed by atoms with Gasteiger partial charge in [-0.05, 0) is 46.6 Å². The summed E-state index contributed by atoms with van der Waals surface area (Å²) in [7, 11) is -3.58. The van der Waals surface area contributed by atoms with Crippen LogP contribution in [0.25, 0.3) is 0 Å². The Morgan fingerprint density at radius 2 is 2.04 bits per heavy atom. The Labute approximate surface area is 152 Å². The fourth-order valence-corrected chi connectivity index (χ4v) is 6.47. The van der Waals surface area contributed by atoms with E-state index in [2.05, 4.69) is 26.0 Å². The van der Waals surface area contributed by atoms with E-state index in [0.717, 1.165) is 15.2 Å². The maximum absolute atomic E-state index is 12.5. The summed E-state index contributed by atoms with van der Waals surface area (Å²) in [6, 6.07) is 10.2. The fraction of sp³-hybridized carbons (Fsp3) is 0.267. The maximum atomic E-state index is 12.5. The first-order chi connectivity index (χ1) is 11.4. The average Bonchev–Trinajstić information content (AvgIpc) is 3.14. The van der Waals surface area contributed by atoms with E-state index in [9.17, 15) is 13.2 Å². The van der Waals surface area contributed by atoms with Crippen LogP contribution in [0.3, 0.4) is 0 Å². The summed E-state index contributed by atoms with van der Waals surface area (Å²) in [4.78, 5) is 14.3. The van der Waals surface area contributed by atoms with E-state index in [1.807, 2.05) is 29.2 Å². The lowest BCUT2D eigenvalue weighted by atomic mass is 10.1. The van der Waals surface area contributed by atoms with Crippen LogP contribution in [0.1, 0.15) is 6.42 Å². The Bertz CT molecular complexity index is 912. The number of anilines is 2. The van der Waals surface area contributed by atoms with Gasteiger partial charge < -0.3 is 10.2 Å². The SMILES string of the molecule is O=C1Nc2ccccc2N2CC(NS(=O)(=O)c3ccc(Br)s3)CC12. The van der Waals surface area contributed by atoms with Crippen LogP contribution in [0.4, 0.5) is 11.4 Å². The van der Waals surface area contributed by atoms with E-state index >= 15 is 0 Å². The number of benzene rings is 1. The molecule has 2 aliphatic heterocycles. The zero-order valence-corrected chi connectivity index (χ0v) is 15.6. The smallest absolute Gasteiger partial charge is 0.250 e. The first-order valence-electron chi connectivity index (χ1n) is 7.38. The van der Waals surface area contributed by atoms with Crippen LogP contribution in [-0.2, 0) is 14.8 Å². The molecule has 1 fully saturated rings. The van der Waals surface area contributed by atoms with Crippen molar-refractivity contribution in [3.63, 3.8) is 0 Å². The number of halogens is 1. The summed E-state index contributed by atoms with van der Waals surface area (Å²) in [6.07, 6.45) is 0.450. The van der Waals surface area contributed by atoms with Gasteiger partial charge in [-0.3, -0.25) is 4.79 Å². The number of para-hydroxylation sites is 2. The molecule has 1 aromatic heterocycles. The molecule has 0 bridgehead atoms. The second-order valence-electron chi connectivity index (χ2n) is 5.79. The predicted molar refractivity (Wildman–Crippen MR) is 97.0 cm³/mol. The summed E-state index contributed by atoms with van der Waals surface area (Å²) < 4.78 is 28.8. The number of rotatable bonds is 3. The molecule has 2 aliphatic rings. The molecule has 9 heteroatoms. The van der Waals surface area contributed by atoms with Crippen molar-refractivity contribution >= 4 is 54.6 Å². The molecule has 2 aromatic rings. The molecule has 0 spiro atoms. The number of thiophene rings is 1. The Morgan fingerprint density at radius 1 is 1.25 bits per heavy atom. The van der Waals surface area contributed by atoms with Crippen LogP contribution in [0.15, 0.2) is 44.4 Å². The molecule has 3 heterocycles. The lowest BCUT2D eigenvalue weighted by molar-refractivity contribution is -0.117. The largest absolute Gasteiger partial charge is 0.356 e. The van der Waals surface area contributed by atoms with Gasteiger partial charge in [0.05, 0.1) is 15.2 Å². The lowest BCUT2D eigenvalue weighted by Crippen LogP contribution is -2.43. The first-order valence-corrected chi connectivity index (χ1v) is 10.5. The molecule has 1 amide bonds. The minimum Gasteiger partial charge on any atom is -0.356 e. The molecule has 0 radical (unpaired) electrons. The third-order valence-electron chi connectivity index (χ3n) is 4.21. The quantitative estimate of drug-likeness (QED) is 0.787. The summed E-state index contributed by atoms with van der Waals surface area (Å²) in [5, 5.41) is 2.89. The highest BCUT2D eigenvalue weighted by Crippen LogP contribution is 2.37. The Hall–Kier alpha value is -1.42. The van der Waals surface area contributed by atoms with E-state index in [-0.39, 0.29) is 22.2 Å². The number of amides is 1. The van der Waals surface area contributed by atoms with Crippen molar-refractivity contribution in [2.24, 2.45) is 0 Å². The van der Waals surface area contributed by atoms with Crippen molar-refractivity contribution in [1.82, 2.24) is 4.72 Å². The zero-order chi connectivity index (χ0) is 16.9. The topological polar surface area (TPSA) is 78.5 Å². The second kappa shape index (κ2) is 5.83. The highest BCUT2D eigenvalue weighted by Gasteiger charge is 2.42. The number of sulfonamides is 1. The second-order valence-corrected chi connectivity index (χ2v) is 10.2. The van der Waals surface area contributed by atoms with Gasteiger partial charge in [0, 0.05) is 12.6 Å². The van der Waals surface area contributed by atoms with Crippen molar-refractivity contribution in [3.05, 3.63) is 40.2 Å². The first kappa shape index (κ1) is 16.1. The van der Waals surface area contributed by atoms with Crippen molar-refractivity contribution in [1.29, 1.82) is 0 Å². The van der Waals surface area contributed by atoms with Crippen LogP contribution in [0.2, 0.25) is 0 Å². The summed E-state index contributed by atoms with van der Waals surface area (Å²) >= 11 is 4.44. The van der Waals surface area contributed by atoms with Crippen molar-refractivity contribution < 1.29 is 13.2 Å². The molecule has 0 saturated carbocycles. The summed E-state index contributed by atoms with van der Waals surface area (Å²) in [5.74, 6) is -0.0886. The third kappa shape index (κ3) is 2.75. The third-order valence-corrected chi connectivity index (χ3v) is 7.85. The monoisotopic (exact) mass is 427 g/mol. The van der Waals surface area contributed by atoms with Crippen molar-refractivity contribution in [2.45, 2.75) is 22.7 Å². The molecule has 1 saturated heterocycles. The fourth-order valence-electron chi connectivity index (χ4n) is 3.20. The number of hydrogen-bond donors (Lipinski definition) is 2. The minimum atomic E-state index is -3.58. The van der Waals surface area contributed by atoms with E-state index in [0.29, 0.717) is 13.0 Å². The standard InChI is InChI=1S/C15H14BrN3O3S2/c16-13-5-6-14(23-13)24(21,22)18-9-7-12-15(20)17-10-3-1-2-4-11(10)19(12)8-9/h1-6,9,12,18H,7-8H2,(H,17,20). The van der Waals surface area contributed by atoms with Gasteiger partial charge in [0.25, 0.3) is 0 Å². The molecule has 24 heavy (non-hydrogen) atoms. The highest BCUT2D eigenvalue weighted by molar-refractivity contribution is 9.11. The Balaban J connectivity index is 1.58. The average molecular weight is 428 g/mol. The van der Waals surface area contributed by atoms with Gasteiger partial charge in [-0.1, -0.05) is 12.1 Å². The maximum Gasteiger partial charge on any atom is 0.250 e. The van der Waals surface area contributed by atoms with Gasteiger partial charge in [-0.15, -0.1) is 11.3 Å². The summed E-state index contributed by atoms with van der Waals surface area (Å²) in [5.41, 5.74) is 1.70. The zero-order valence-electron chi connectivity index (χ0n) is 12.4. The highest BCUT2D eigenvalue weighted by atomic mass is 79.9. The van der Waals surface area contributed by atoms with Gasteiger partial charge in [-0.25, -0.2) is 13.1 Å². The Morgan fingerprint density at radius 3 is 2.79 bits per heavy atom.